The average molecular weight is 206 g/mol. The van der Waals surface area contributed by atoms with E-state index in [1.807, 2.05) is 0 Å². The highest BCUT2D eigenvalue weighted by molar-refractivity contribution is 5.90. The lowest BCUT2D eigenvalue weighted by Crippen LogP contribution is -2.38. The van der Waals surface area contributed by atoms with Crippen molar-refractivity contribution < 1.29 is 4.79 Å². The molecular weight excluding hydrogens is 192 g/mol. The van der Waals surface area contributed by atoms with Crippen LogP contribution in [0.4, 0.5) is 0 Å². The van der Waals surface area contributed by atoms with Crippen molar-refractivity contribution in [3.63, 3.8) is 0 Å². The average Bonchev–Trinajstić information content (AvgIpc) is 3.15. The van der Waals surface area contributed by atoms with Gasteiger partial charge < -0.3 is 5.32 Å². The van der Waals surface area contributed by atoms with Crippen molar-refractivity contribution >= 4 is 5.91 Å². The zero-order valence-corrected chi connectivity index (χ0v) is 8.44. The molecule has 80 valence electrons. The van der Waals surface area contributed by atoms with Gasteiger partial charge in [-0.2, -0.15) is 5.10 Å². The second-order valence-corrected chi connectivity index (χ2v) is 4.51. The molecule has 2 fully saturated rings. The highest BCUT2D eigenvalue weighted by Gasteiger charge is 2.42. The van der Waals surface area contributed by atoms with E-state index in [0.29, 0.717) is 23.7 Å². The number of amides is 1. The fourth-order valence-corrected chi connectivity index (χ4v) is 2.07. The molecule has 0 unspecified atom stereocenters. The van der Waals surface area contributed by atoms with Gasteiger partial charge in [-0.05, 0) is 37.5 Å². The third-order valence-electron chi connectivity index (χ3n) is 3.19. The molecule has 2 N–H and O–H groups in total. The maximum Gasteiger partial charge on any atom is 0.288 e. The molecule has 2 aliphatic carbocycles. The van der Waals surface area contributed by atoms with Crippen molar-refractivity contribution in [1.29, 1.82) is 0 Å². The number of nitrogens with one attached hydrogen (secondary N) is 2. The summed E-state index contributed by atoms with van der Waals surface area (Å²) < 4.78 is 0. The van der Waals surface area contributed by atoms with Crippen LogP contribution in [0.25, 0.3) is 0 Å². The first-order valence-corrected chi connectivity index (χ1v) is 5.51. The van der Waals surface area contributed by atoms with Crippen LogP contribution in [0.15, 0.2) is 6.33 Å². The Morgan fingerprint density at radius 1 is 1.40 bits per heavy atom. The summed E-state index contributed by atoms with van der Waals surface area (Å²) in [5.74, 6) is 1.63. The standard InChI is InChI=1S/C10H14N4O/c15-10(9-11-5-12-14-9)13-8(6-1-2-6)7-3-4-7/h5-8H,1-4H2,(H,13,15)(H,11,12,14). The van der Waals surface area contributed by atoms with E-state index in [0.717, 1.165) is 0 Å². The third kappa shape index (κ3) is 1.86. The van der Waals surface area contributed by atoms with Gasteiger partial charge in [0.15, 0.2) is 0 Å². The van der Waals surface area contributed by atoms with Crippen molar-refractivity contribution in [3.8, 4) is 0 Å². The molecule has 0 aromatic carbocycles. The van der Waals surface area contributed by atoms with E-state index >= 15 is 0 Å². The lowest BCUT2D eigenvalue weighted by molar-refractivity contribution is 0.0916. The first-order chi connectivity index (χ1) is 7.34. The molecule has 0 spiro atoms. The van der Waals surface area contributed by atoms with Crippen LogP contribution in [0, 0.1) is 11.8 Å². The van der Waals surface area contributed by atoms with Crippen LogP contribution in [0.2, 0.25) is 0 Å². The molecule has 1 amide bonds. The van der Waals surface area contributed by atoms with E-state index in [-0.39, 0.29) is 5.91 Å². The maximum atomic E-state index is 11.7. The van der Waals surface area contributed by atoms with E-state index in [2.05, 4.69) is 20.5 Å². The van der Waals surface area contributed by atoms with Crippen molar-refractivity contribution in [2.24, 2.45) is 11.8 Å². The highest BCUT2D eigenvalue weighted by atomic mass is 16.2. The largest absolute Gasteiger partial charge is 0.346 e. The molecule has 0 aliphatic heterocycles. The zero-order chi connectivity index (χ0) is 10.3. The van der Waals surface area contributed by atoms with E-state index in [1.54, 1.807) is 0 Å². The summed E-state index contributed by atoms with van der Waals surface area (Å²) >= 11 is 0. The number of rotatable bonds is 4. The van der Waals surface area contributed by atoms with Crippen molar-refractivity contribution in [3.05, 3.63) is 12.2 Å². The van der Waals surface area contributed by atoms with Gasteiger partial charge in [0.05, 0.1) is 0 Å². The molecule has 1 heterocycles. The van der Waals surface area contributed by atoms with Gasteiger partial charge in [0.2, 0.25) is 5.82 Å². The van der Waals surface area contributed by atoms with E-state index in [9.17, 15) is 4.79 Å². The molecule has 0 atom stereocenters. The summed E-state index contributed by atoms with van der Waals surface area (Å²) in [4.78, 5) is 15.6. The fraction of sp³-hybridized carbons (Fsp3) is 0.700. The minimum atomic E-state index is -0.115. The Labute approximate surface area is 87.7 Å². The second-order valence-electron chi connectivity index (χ2n) is 4.51. The molecular formula is C10H14N4O. The van der Waals surface area contributed by atoms with Crippen LogP contribution in [0.1, 0.15) is 36.3 Å². The van der Waals surface area contributed by atoms with Crippen LogP contribution < -0.4 is 5.32 Å². The quantitative estimate of drug-likeness (QED) is 0.762. The maximum absolute atomic E-state index is 11.7. The first-order valence-electron chi connectivity index (χ1n) is 5.51. The van der Waals surface area contributed by atoms with Gasteiger partial charge in [-0.25, -0.2) is 4.98 Å². The summed E-state index contributed by atoms with van der Waals surface area (Å²) in [6.45, 7) is 0. The van der Waals surface area contributed by atoms with Gasteiger partial charge in [-0.15, -0.1) is 0 Å². The SMILES string of the molecule is O=C(NC(C1CC1)C1CC1)c1ncn[nH]1. The van der Waals surface area contributed by atoms with Gasteiger partial charge in [-0.3, -0.25) is 9.89 Å². The fourth-order valence-electron chi connectivity index (χ4n) is 2.07. The van der Waals surface area contributed by atoms with Crippen LogP contribution in [-0.2, 0) is 0 Å². The normalized spacial score (nSPS) is 20.6. The van der Waals surface area contributed by atoms with Crippen LogP contribution >= 0.6 is 0 Å². The summed E-state index contributed by atoms with van der Waals surface area (Å²) in [5.41, 5.74) is 0. The number of hydrogen-bond acceptors (Lipinski definition) is 3. The molecule has 15 heavy (non-hydrogen) atoms. The van der Waals surface area contributed by atoms with E-state index in [1.165, 1.54) is 32.0 Å². The molecule has 5 heteroatoms. The molecule has 2 saturated carbocycles. The lowest BCUT2D eigenvalue weighted by atomic mass is 10.1. The number of carbonyl (C=O) groups excluding carboxylic acids is 1. The van der Waals surface area contributed by atoms with Crippen molar-refractivity contribution in [1.82, 2.24) is 20.5 Å². The summed E-state index contributed by atoms with van der Waals surface area (Å²) in [6, 6.07) is 0.377. The number of aromatic nitrogens is 3. The van der Waals surface area contributed by atoms with Crippen molar-refractivity contribution in [2.45, 2.75) is 31.7 Å². The minimum absolute atomic E-state index is 0.115. The molecule has 1 aromatic heterocycles. The number of nitrogens with zero attached hydrogens (tertiary/aromatic N) is 2. The molecule has 5 nitrogen and oxygen atoms in total. The second kappa shape index (κ2) is 3.32. The molecule has 1 aromatic rings. The Morgan fingerprint density at radius 2 is 2.07 bits per heavy atom. The molecule has 3 rings (SSSR count). The summed E-state index contributed by atoms with van der Waals surface area (Å²) in [5, 5.41) is 9.33. The van der Waals surface area contributed by atoms with Gasteiger partial charge in [0, 0.05) is 6.04 Å². The monoisotopic (exact) mass is 206 g/mol. The van der Waals surface area contributed by atoms with Crippen LogP contribution in [0.5, 0.6) is 0 Å². The topological polar surface area (TPSA) is 70.7 Å². The van der Waals surface area contributed by atoms with Crippen LogP contribution in [0.3, 0.4) is 0 Å². The molecule has 0 bridgehead atoms. The highest BCUT2D eigenvalue weighted by Crippen LogP contribution is 2.44. The number of H-pyrrole nitrogens is 1. The predicted molar refractivity (Wildman–Crippen MR) is 53.1 cm³/mol. The minimum Gasteiger partial charge on any atom is -0.346 e. The van der Waals surface area contributed by atoms with Gasteiger partial charge in [0.1, 0.15) is 6.33 Å². The number of aromatic amines is 1. The van der Waals surface area contributed by atoms with Crippen molar-refractivity contribution in [2.75, 3.05) is 0 Å². The van der Waals surface area contributed by atoms with E-state index in [4.69, 9.17) is 0 Å². The van der Waals surface area contributed by atoms with Gasteiger partial charge >= 0.3 is 0 Å². The molecule has 2 aliphatic rings. The Bertz CT molecular complexity index is 342. The number of hydrogen-bond donors (Lipinski definition) is 2. The summed E-state index contributed by atoms with van der Waals surface area (Å²) in [7, 11) is 0. The molecule has 0 radical (unpaired) electrons. The van der Waals surface area contributed by atoms with E-state index < -0.39 is 0 Å². The zero-order valence-electron chi connectivity index (χ0n) is 8.44. The molecule has 0 saturated heterocycles. The smallest absolute Gasteiger partial charge is 0.288 e. The Balaban J connectivity index is 1.65. The Morgan fingerprint density at radius 3 is 2.53 bits per heavy atom. The predicted octanol–water partition coefficient (Wildman–Crippen LogP) is 0.723. The first kappa shape index (κ1) is 8.88. The number of carbonyl (C=O) groups is 1. The third-order valence-corrected chi connectivity index (χ3v) is 3.19. The van der Waals surface area contributed by atoms with Crippen LogP contribution in [-0.4, -0.2) is 27.1 Å². The van der Waals surface area contributed by atoms with Gasteiger partial charge in [-0.1, -0.05) is 0 Å². The Hall–Kier alpha value is -1.39. The Kier molecular flexibility index (Phi) is 1.97. The van der Waals surface area contributed by atoms with Gasteiger partial charge in [0.25, 0.3) is 5.91 Å². The summed E-state index contributed by atoms with van der Waals surface area (Å²) in [6.07, 6.45) is 6.41. The lowest BCUT2D eigenvalue weighted by Gasteiger charge is -2.16.